The van der Waals surface area contributed by atoms with E-state index < -0.39 is 0 Å². The number of nitrogens with zero attached hydrogens (tertiary/aromatic N) is 3. The average Bonchev–Trinajstić information content (AvgIpc) is 3.07. The first-order chi connectivity index (χ1) is 12.5. The second-order valence-corrected chi connectivity index (χ2v) is 6.50. The van der Waals surface area contributed by atoms with Crippen molar-refractivity contribution in [3.63, 3.8) is 0 Å². The van der Waals surface area contributed by atoms with Crippen LogP contribution in [0.2, 0.25) is 0 Å². The van der Waals surface area contributed by atoms with Gasteiger partial charge in [-0.3, -0.25) is 9.59 Å². The van der Waals surface area contributed by atoms with Crippen LogP contribution in [0.25, 0.3) is 11.5 Å². The molecule has 3 aromatic rings. The number of Topliss-reactive ketones (excluding diaryl/α,β-unsaturated/α-hetero) is 1. The quantitative estimate of drug-likeness (QED) is 0.526. The van der Waals surface area contributed by atoms with E-state index in [2.05, 4.69) is 20.4 Å². The molecule has 0 aliphatic heterocycles. The first-order valence-corrected chi connectivity index (χ1v) is 8.80. The molecule has 26 heavy (non-hydrogen) atoms. The molecule has 7 nitrogen and oxygen atoms in total. The zero-order valence-corrected chi connectivity index (χ0v) is 15.0. The third kappa shape index (κ3) is 4.54. The number of carbonyl (C=O) groups is 2. The lowest BCUT2D eigenvalue weighted by Crippen LogP contribution is -2.14. The van der Waals surface area contributed by atoms with Crippen molar-refractivity contribution >= 4 is 29.1 Å². The zero-order valence-electron chi connectivity index (χ0n) is 14.2. The molecule has 0 spiro atoms. The number of rotatable bonds is 6. The average molecular weight is 368 g/mol. The van der Waals surface area contributed by atoms with Crippen molar-refractivity contribution in [3.05, 3.63) is 54.0 Å². The number of aryl methyl sites for hydroxylation is 1. The van der Waals surface area contributed by atoms with Gasteiger partial charge in [0.15, 0.2) is 11.6 Å². The molecule has 132 valence electrons. The molecule has 0 atom stereocenters. The van der Waals surface area contributed by atoms with E-state index in [-0.39, 0.29) is 17.4 Å². The van der Waals surface area contributed by atoms with Crippen LogP contribution in [-0.4, -0.2) is 32.6 Å². The minimum atomic E-state index is -0.149. The van der Waals surface area contributed by atoms with Crippen molar-refractivity contribution < 1.29 is 14.1 Å². The minimum absolute atomic E-state index is 0.0105. The third-order valence-corrected chi connectivity index (χ3v) is 4.38. The van der Waals surface area contributed by atoms with Gasteiger partial charge in [0.1, 0.15) is 0 Å². The summed E-state index contributed by atoms with van der Waals surface area (Å²) < 4.78 is 5.08. The second kappa shape index (κ2) is 7.92. The minimum Gasteiger partial charge on any atom is -0.334 e. The van der Waals surface area contributed by atoms with E-state index >= 15 is 0 Å². The predicted octanol–water partition coefficient (Wildman–Crippen LogP) is 3.37. The number of pyridine rings is 1. The maximum atomic E-state index is 12.0. The molecular weight excluding hydrogens is 352 g/mol. The first kappa shape index (κ1) is 17.8. The molecule has 0 radical (unpaired) electrons. The number of ketones is 1. The van der Waals surface area contributed by atoms with Gasteiger partial charge in [-0.25, -0.2) is 4.98 Å². The molecule has 0 aliphatic rings. The Bertz CT molecular complexity index is 920. The lowest BCUT2D eigenvalue weighted by molar-refractivity contribution is -0.113. The van der Waals surface area contributed by atoms with Gasteiger partial charge in [-0.15, -0.1) is 0 Å². The normalized spacial score (nSPS) is 10.5. The van der Waals surface area contributed by atoms with Gasteiger partial charge in [-0.2, -0.15) is 4.98 Å². The largest absolute Gasteiger partial charge is 0.334 e. The van der Waals surface area contributed by atoms with Gasteiger partial charge in [-0.1, -0.05) is 16.9 Å². The van der Waals surface area contributed by atoms with E-state index in [9.17, 15) is 9.59 Å². The highest BCUT2D eigenvalue weighted by Gasteiger charge is 2.09. The summed E-state index contributed by atoms with van der Waals surface area (Å²) in [7, 11) is 0. The smallest absolute Gasteiger partial charge is 0.259 e. The maximum absolute atomic E-state index is 12.0. The molecular formula is C18H16N4O3S. The molecule has 2 heterocycles. The van der Waals surface area contributed by atoms with Crippen molar-refractivity contribution in [2.24, 2.45) is 0 Å². The Labute approximate surface area is 154 Å². The van der Waals surface area contributed by atoms with Gasteiger partial charge in [0, 0.05) is 17.4 Å². The van der Waals surface area contributed by atoms with Crippen LogP contribution in [0.1, 0.15) is 23.1 Å². The number of carbonyl (C=O) groups excluding carboxylic acids is 2. The third-order valence-electron chi connectivity index (χ3n) is 3.44. The van der Waals surface area contributed by atoms with Crippen LogP contribution in [0, 0.1) is 6.92 Å². The molecule has 3 rings (SSSR count). The standard InChI is InChI=1S/C18H16N4O3S/c1-11(23)13-3-6-15(7-4-13)21-16(24)10-26-17-8-5-14(9-19-17)18-20-12(2)22-25-18/h3-9H,10H2,1-2H3,(H,21,24). The van der Waals surface area contributed by atoms with Crippen LogP contribution in [-0.2, 0) is 4.79 Å². The predicted molar refractivity (Wildman–Crippen MR) is 98.1 cm³/mol. The molecule has 0 bridgehead atoms. The molecule has 0 unspecified atom stereocenters. The number of amides is 1. The van der Waals surface area contributed by atoms with Crippen LogP contribution >= 0.6 is 11.8 Å². The SMILES string of the molecule is CC(=O)c1ccc(NC(=O)CSc2ccc(-c3nc(C)no3)cn2)cc1. The van der Waals surface area contributed by atoms with Crippen molar-refractivity contribution in [1.82, 2.24) is 15.1 Å². The Morgan fingerprint density at radius 1 is 1.15 bits per heavy atom. The molecule has 0 aliphatic carbocycles. The van der Waals surface area contributed by atoms with Gasteiger partial charge in [-0.05, 0) is 50.2 Å². The molecule has 8 heteroatoms. The summed E-state index contributed by atoms with van der Waals surface area (Å²) in [5.74, 6) is 1.04. The van der Waals surface area contributed by atoms with Gasteiger partial charge in [0.2, 0.25) is 5.91 Å². The number of hydrogen-bond donors (Lipinski definition) is 1. The van der Waals surface area contributed by atoms with Crippen LogP contribution in [0.5, 0.6) is 0 Å². The lowest BCUT2D eigenvalue weighted by Gasteiger charge is -2.05. The molecule has 1 aromatic carbocycles. The Balaban J connectivity index is 1.53. The number of nitrogens with one attached hydrogen (secondary N) is 1. The maximum Gasteiger partial charge on any atom is 0.259 e. The van der Waals surface area contributed by atoms with Crippen molar-refractivity contribution in [2.45, 2.75) is 18.9 Å². The van der Waals surface area contributed by atoms with E-state index in [4.69, 9.17) is 4.52 Å². The summed E-state index contributed by atoms with van der Waals surface area (Å²) >= 11 is 1.32. The van der Waals surface area contributed by atoms with Gasteiger partial charge >= 0.3 is 0 Å². The van der Waals surface area contributed by atoms with E-state index in [0.717, 1.165) is 5.56 Å². The Morgan fingerprint density at radius 3 is 2.50 bits per heavy atom. The van der Waals surface area contributed by atoms with Crippen molar-refractivity contribution in [2.75, 3.05) is 11.1 Å². The zero-order chi connectivity index (χ0) is 18.5. The van der Waals surface area contributed by atoms with E-state index in [1.54, 1.807) is 43.5 Å². The van der Waals surface area contributed by atoms with Gasteiger partial charge in [0.25, 0.3) is 5.89 Å². The van der Waals surface area contributed by atoms with Crippen molar-refractivity contribution in [3.8, 4) is 11.5 Å². The second-order valence-electron chi connectivity index (χ2n) is 5.50. The Morgan fingerprint density at radius 2 is 1.92 bits per heavy atom. The molecule has 1 amide bonds. The number of hydrogen-bond acceptors (Lipinski definition) is 7. The highest BCUT2D eigenvalue weighted by molar-refractivity contribution is 7.99. The van der Waals surface area contributed by atoms with E-state index in [1.807, 2.05) is 6.07 Å². The number of aromatic nitrogens is 3. The summed E-state index contributed by atoms with van der Waals surface area (Å²) in [5.41, 5.74) is 1.98. The Hall–Kier alpha value is -3.00. The first-order valence-electron chi connectivity index (χ1n) is 7.81. The monoisotopic (exact) mass is 368 g/mol. The highest BCUT2D eigenvalue weighted by Crippen LogP contribution is 2.21. The summed E-state index contributed by atoms with van der Waals surface area (Å²) in [4.78, 5) is 31.7. The topological polar surface area (TPSA) is 98.0 Å². The lowest BCUT2D eigenvalue weighted by atomic mass is 10.1. The summed E-state index contributed by atoms with van der Waals surface area (Å²) in [6.07, 6.45) is 1.63. The summed E-state index contributed by atoms with van der Waals surface area (Å²) in [6.45, 7) is 3.25. The van der Waals surface area contributed by atoms with Crippen LogP contribution in [0.4, 0.5) is 5.69 Å². The fraction of sp³-hybridized carbons (Fsp3) is 0.167. The summed E-state index contributed by atoms with van der Waals surface area (Å²) in [6, 6.07) is 10.4. The number of anilines is 1. The van der Waals surface area contributed by atoms with Crippen LogP contribution in [0.3, 0.4) is 0 Å². The summed E-state index contributed by atoms with van der Waals surface area (Å²) in [5, 5.41) is 7.24. The molecule has 0 saturated heterocycles. The molecule has 0 saturated carbocycles. The van der Waals surface area contributed by atoms with Gasteiger partial charge in [0.05, 0.1) is 16.3 Å². The van der Waals surface area contributed by atoms with Crippen LogP contribution < -0.4 is 5.32 Å². The fourth-order valence-electron chi connectivity index (χ4n) is 2.13. The molecule has 0 fully saturated rings. The number of thioether (sulfide) groups is 1. The molecule has 1 N–H and O–H groups in total. The number of benzene rings is 1. The fourth-order valence-corrected chi connectivity index (χ4v) is 2.77. The molecule has 2 aromatic heterocycles. The highest BCUT2D eigenvalue weighted by atomic mass is 32.2. The van der Waals surface area contributed by atoms with E-state index in [0.29, 0.717) is 28.0 Å². The van der Waals surface area contributed by atoms with Crippen LogP contribution in [0.15, 0.2) is 52.1 Å². The Kier molecular flexibility index (Phi) is 5.43. The van der Waals surface area contributed by atoms with Gasteiger partial charge < -0.3 is 9.84 Å². The van der Waals surface area contributed by atoms with Crippen molar-refractivity contribution in [1.29, 1.82) is 0 Å². The van der Waals surface area contributed by atoms with E-state index in [1.165, 1.54) is 18.7 Å².